The highest BCUT2D eigenvalue weighted by molar-refractivity contribution is 5.92. The predicted molar refractivity (Wildman–Crippen MR) is 104 cm³/mol. The lowest BCUT2D eigenvalue weighted by Gasteiger charge is -2.64. The number of carbonyl (C=O) groups is 1. The number of rotatable bonds is 3. The second kappa shape index (κ2) is 6.81. The quantitative estimate of drug-likeness (QED) is 0.845. The molecule has 4 atom stereocenters. The highest BCUT2D eigenvalue weighted by atomic mass is 19.1. The Morgan fingerprint density at radius 1 is 1.36 bits per heavy atom. The van der Waals surface area contributed by atoms with Gasteiger partial charge in [0.2, 0.25) is 0 Å². The Labute approximate surface area is 163 Å². The van der Waals surface area contributed by atoms with Crippen molar-refractivity contribution in [3.63, 3.8) is 0 Å². The third-order valence-corrected chi connectivity index (χ3v) is 6.16. The topological polar surface area (TPSA) is 78.4 Å². The van der Waals surface area contributed by atoms with E-state index in [0.717, 1.165) is 42.8 Å². The second-order valence-corrected chi connectivity index (χ2v) is 8.24. The van der Waals surface area contributed by atoms with Crippen LogP contribution in [0.25, 0.3) is 11.4 Å². The number of benzene rings is 1. The van der Waals surface area contributed by atoms with Crippen molar-refractivity contribution >= 4 is 11.7 Å². The SMILES string of the molecule is Cc1ccc(NC(=O)N2[C@@H]3C[C@H](C)C[C@@]2([C@@H](C)O)C3)cc1-c1ncc(F)cn1. The van der Waals surface area contributed by atoms with Crippen molar-refractivity contribution in [2.75, 3.05) is 5.32 Å². The molecule has 0 saturated carbocycles. The summed E-state index contributed by atoms with van der Waals surface area (Å²) >= 11 is 0. The maximum absolute atomic E-state index is 13.1. The summed E-state index contributed by atoms with van der Waals surface area (Å²) in [6.07, 6.45) is 4.31. The van der Waals surface area contributed by atoms with Crippen LogP contribution in [0.2, 0.25) is 0 Å². The summed E-state index contributed by atoms with van der Waals surface area (Å²) in [5.41, 5.74) is 1.82. The number of aryl methyl sites for hydroxylation is 1. The molecule has 2 aliphatic rings. The zero-order chi connectivity index (χ0) is 20.1. The molecule has 0 spiro atoms. The summed E-state index contributed by atoms with van der Waals surface area (Å²) in [5.74, 6) is 0.414. The number of hydrogen-bond acceptors (Lipinski definition) is 4. The van der Waals surface area contributed by atoms with Crippen LogP contribution >= 0.6 is 0 Å². The molecule has 4 rings (SSSR count). The first-order chi connectivity index (χ1) is 13.3. The standard InChI is InChI=1S/C21H25FN4O2/c1-12-6-17-9-21(8-12,14(3)27)26(17)20(28)25-16-5-4-13(2)18(7-16)19-23-10-15(22)11-24-19/h4-5,7,10-12,14,17,27H,6,8-9H2,1-3H3,(H,25,28)/t12-,14+,17+,21-/m0/s1. The van der Waals surface area contributed by atoms with E-state index in [-0.39, 0.29) is 12.1 Å². The molecule has 2 aliphatic heterocycles. The maximum Gasteiger partial charge on any atom is 0.322 e. The fourth-order valence-electron chi connectivity index (χ4n) is 4.86. The van der Waals surface area contributed by atoms with Crippen molar-refractivity contribution in [3.8, 4) is 11.4 Å². The van der Waals surface area contributed by atoms with E-state index >= 15 is 0 Å². The third kappa shape index (κ3) is 3.03. The zero-order valence-electron chi connectivity index (χ0n) is 16.3. The molecule has 148 valence electrons. The molecule has 2 N–H and O–H groups in total. The van der Waals surface area contributed by atoms with E-state index in [2.05, 4.69) is 22.2 Å². The number of carbonyl (C=O) groups excluding carboxylic acids is 1. The number of halogens is 1. The first kappa shape index (κ1) is 18.8. The summed E-state index contributed by atoms with van der Waals surface area (Å²) in [6, 6.07) is 5.48. The van der Waals surface area contributed by atoms with Gasteiger partial charge in [-0.3, -0.25) is 0 Å². The van der Waals surface area contributed by atoms with Gasteiger partial charge < -0.3 is 15.3 Å². The zero-order valence-corrected chi connectivity index (χ0v) is 16.3. The first-order valence-electron chi connectivity index (χ1n) is 9.67. The predicted octanol–water partition coefficient (Wildman–Crippen LogP) is 3.75. The van der Waals surface area contributed by atoms with Gasteiger partial charge in [-0.1, -0.05) is 13.0 Å². The Balaban J connectivity index is 1.57. The molecule has 0 radical (unpaired) electrons. The van der Waals surface area contributed by atoms with Crippen LogP contribution in [0.5, 0.6) is 0 Å². The summed E-state index contributed by atoms with van der Waals surface area (Å²) in [4.78, 5) is 22.9. The Kier molecular flexibility index (Phi) is 4.57. The van der Waals surface area contributed by atoms with Crippen LogP contribution in [0, 0.1) is 18.7 Å². The van der Waals surface area contributed by atoms with Crippen molar-refractivity contribution in [2.24, 2.45) is 5.92 Å². The van der Waals surface area contributed by atoms with Crippen LogP contribution in [0.4, 0.5) is 14.9 Å². The lowest BCUT2D eigenvalue weighted by Crippen LogP contribution is -2.76. The van der Waals surface area contributed by atoms with Gasteiger partial charge in [0, 0.05) is 17.3 Å². The average molecular weight is 384 g/mol. The lowest BCUT2D eigenvalue weighted by atomic mass is 9.62. The number of anilines is 1. The highest BCUT2D eigenvalue weighted by Crippen LogP contribution is 2.51. The molecule has 1 aromatic carbocycles. The molecular weight excluding hydrogens is 359 g/mol. The van der Waals surface area contributed by atoms with Gasteiger partial charge in [-0.15, -0.1) is 0 Å². The monoisotopic (exact) mass is 384 g/mol. The Bertz CT molecular complexity index is 902. The Morgan fingerprint density at radius 2 is 2.07 bits per heavy atom. The van der Waals surface area contributed by atoms with Crippen molar-refractivity contribution in [1.82, 2.24) is 14.9 Å². The Hall–Kier alpha value is -2.54. The molecule has 6 nitrogen and oxygen atoms in total. The summed E-state index contributed by atoms with van der Waals surface area (Å²) < 4.78 is 13.1. The normalized spacial score (nSPS) is 27.1. The fraction of sp³-hybridized carbons (Fsp3) is 0.476. The number of fused-ring (bicyclic) bond motifs is 2. The van der Waals surface area contributed by atoms with Crippen LogP contribution in [-0.4, -0.2) is 43.7 Å². The molecule has 0 unspecified atom stereocenters. The van der Waals surface area contributed by atoms with Gasteiger partial charge in [0.05, 0.1) is 24.0 Å². The largest absolute Gasteiger partial charge is 0.391 e. The number of nitrogens with zero attached hydrogens (tertiary/aromatic N) is 3. The summed E-state index contributed by atoms with van der Waals surface area (Å²) in [6.45, 7) is 5.86. The molecule has 1 aromatic heterocycles. The number of aliphatic hydroxyl groups is 1. The minimum atomic E-state index is -0.571. The van der Waals surface area contributed by atoms with E-state index in [1.807, 2.05) is 24.0 Å². The molecule has 2 aromatic rings. The van der Waals surface area contributed by atoms with Gasteiger partial charge in [-0.2, -0.15) is 0 Å². The van der Waals surface area contributed by atoms with Gasteiger partial charge in [-0.05, 0) is 56.7 Å². The smallest absolute Gasteiger partial charge is 0.322 e. The number of aromatic nitrogens is 2. The molecule has 2 fully saturated rings. The first-order valence-corrected chi connectivity index (χ1v) is 9.67. The molecule has 7 heteroatoms. The van der Waals surface area contributed by atoms with E-state index in [1.165, 1.54) is 0 Å². The van der Waals surface area contributed by atoms with Crippen molar-refractivity contribution in [1.29, 1.82) is 0 Å². The lowest BCUT2D eigenvalue weighted by molar-refractivity contribution is -0.146. The third-order valence-electron chi connectivity index (χ3n) is 6.16. The minimum Gasteiger partial charge on any atom is -0.391 e. The fourth-order valence-corrected chi connectivity index (χ4v) is 4.86. The highest BCUT2D eigenvalue weighted by Gasteiger charge is 2.60. The van der Waals surface area contributed by atoms with Gasteiger partial charge >= 0.3 is 6.03 Å². The second-order valence-electron chi connectivity index (χ2n) is 8.24. The summed E-state index contributed by atoms with van der Waals surface area (Å²) in [7, 11) is 0. The molecule has 2 amide bonds. The van der Waals surface area contributed by atoms with Crippen LogP contribution in [0.1, 0.15) is 38.7 Å². The van der Waals surface area contributed by atoms with E-state index in [0.29, 0.717) is 17.4 Å². The number of hydrogen-bond donors (Lipinski definition) is 2. The van der Waals surface area contributed by atoms with E-state index in [4.69, 9.17) is 0 Å². The summed E-state index contributed by atoms with van der Waals surface area (Å²) in [5, 5.41) is 13.3. The van der Waals surface area contributed by atoms with Gasteiger partial charge in [0.25, 0.3) is 0 Å². The number of urea groups is 1. The van der Waals surface area contributed by atoms with E-state index in [1.54, 1.807) is 13.0 Å². The van der Waals surface area contributed by atoms with E-state index < -0.39 is 17.5 Å². The van der Waals surface area contributed by atoms with Crippen LogP contribution in [0.15, 0.2) is 30.6 Å². The molecule has 28 heavy (non-hydrogen) atoms. The maximum atomic E-state index is 13.1. The number of nitrogens with one attached hydrogen (secondary N) is 1. The Morgan fingerprint density at radius 3 is 2.75 bits per heavy atom. The van der Waals surface area contributed by atoms with Crippen molar-refractivity contribution in [3.05, 3.63) is 42.0 Å². The molecule has 2 bridgehead atoms. The van der Waals surface area contributed by atoms with Crippen molar-refractivity contribution in [2.45, 2.75) is 57.7 Å². The average Bonchev–Trinajstić information content (AvgIpc) is 2.63. The van der Waals surface area contributed by atoms with Gasteiger partial charge in [0.1, 0.15) is 0 Å². The van der Waals surface area contributed by atoms with Crippen LogP contribution < -0.4 is 5.32 Å². The molecular formula is C21H25FN4O2. The van der Waals surface area contributed by atoms with Gasteiger partial charge in [-0.25, -0.2) is 19.2 Å². The molecule has 3 heterocycles. The number of piperidine rings is 1. The molecule has 0 aliphatic carbocycles. The van der Waals surface area contributed by atoms with Crippen molar-refractivity contribution < 1.29 is 14.3 Å². The van der Waals surface area contributed by atoms with Crippen LogP contribution in [-0.2, 0) is 0 Å². The number of aliphatic hydroxyl groups excluding tert-OH is 1. The minimum absolute atomic E-state index is 0.170. The molecule has 2 saturated heterocycles. The van der Waals surface area contributed by atoms with E-state index in [9.17, 15) is 14.3 Å². The van der Waals surface area contributed by atoms with Crippen LogP contribution in [0.3, 0.4) is 0 Å². The van der Waals surface area contributed by atoms with Gasteiger partial charge in [0.15, 0.2) is 11.6 Å². The number of amides is 2.